The second kappa shape index (κ2) is 19.2. The molecule has 3 rings (SSSR count). The number of hydrogen-bond acceptors (Lipinski definition) is 9. The second-order valence-electron chi connectivity index (χ2n) is 9.21. The summed E-state index contributed by atoms with van der Waals surface area (Å²) in [5.41, 5.74) is 2.22. The van der Waals surface area contributed by atoms with Crippen LogP contribution in [0.5, 0.6) is 11.5 Å². The summed E-state index contributed by atoms with van der Waals surface area (Å²) in [6.07, 6.45) is 6.96. The van der Waals surface area contributed by atoms with E-state index in [1.165, 1.54) is 0 Å². The van der Waals surface area contributed by atoms with Gasteiger partial charge in [0.25, 0.3) is 0 Å². The van der Waals surface area contributed by atoms with E-state index in [0.717, 1.165) is 63.1 Å². The summed E-state index contributed by atoms with van der Waals surface area (Å²) in [6.45, 7) is 8.40. The Kier molecular flexibility index (Phi) is 15.0. The first-order valence-corrected chi connectivity index (χ1v) is 15.6. The zero-order valence-corrected chi connectivity index (χ0v) is 26.6. The molecule has 0 amide bonds. The molecule has 0 saturated heterocycles. The fourth-order valence-electron chi connectivity index (χ4n) is 3.55. The average Bonchev–Trinajstić information content (AvgIpc) is 3.04. The molecule has 0 aliphatic carbocycles. The standard InChI is InChI=1S/C34H34BrNO7S/c1-3-32(37)42-21-7-5-19-40-27-13-9-25(10-14-27)24-36-31-18-17-29(23-30(31)35)44-34(39)26-11-15-28(16-12-26)41-20-6-8-22-43-33(38)4-2/h3-4,9-18,23-24H,1-2,5-8,19-22H2/b36-24+. The van der Waals surface area contributed by atoms with E-state index in [1.807, 2.05) is 42.5 Å². The van der Waals surface area contributed by atoms with E-state index in [4.69, 9.17) is 18.9 Å². The number of carbonyl (C=O) groups excluding carboxylic acids is 3. The predicted molar refractivity (Wildman–Crippen MR) is 176 cm³/mol. The highest BCUT2D eigenvalue weighted by Gasteiger charge is 2.10. The Balaban J connectivity index is 1.41. The molecule has 0 atom stereocenters. The van der Waals surface area contributed by atoms with Crippen molar-refractivity contribution in [2.45, 2.75) is 30.6 Å². The lowest BCUT2D eigenvalue weighted by Crippen LogP contribution is -2.04. The molecule has 3 aromatic carbocycles. The number of hydrogen-bond donors (Lipinski definition) is 0. The van der Waals surface area contributed by atoms with E-state index in [2.05, 4.69) is 34.1 Å². The molecule has 8 nitrogen and oxygen atoms in total. The van der Waals surface area contributed by atoms with Gasteiger partial charge < -0.3 is 18.9 Å². The van der Waals surface area contributed by atoms with E-state index in [-0.39, 0.29) is 5.12 Å². The van der Waals surface area contributed by atoms with Gasteiger partial charge in [-0.2, -0.15) is 0 Å². The minimum Gasteiger partial charge on any atom is -0.494 e. The lowest BCUT2D eigenvalue weighted by Gasteiger charge is -2.08. The molecule has 0 unspecified atom stereocenters. The fraction of sp³-hybridized carbons (Fsp3) is 0.235. The number of nitrogens with zero attached hydrogens (tertiary/aromatic N) is 1. The van der Waals surface area contributed by atoms with Gasteiger partial charge in [0, 0.05) is 33.3 Å². The molecular formula is C34H34BrNO7S. The number of aliphatic imine (C=N–C) groups is 1. The van der Waals surface area contributed by atoms with E-state index >= 15 is 0 Å². The van der Waals surface area contributed by atoms with E-state index < -0.39 is 11.9 Å². The molecule has 0 aliphatic heterocycles. The second-order valence-corrected chi connectivity index (χ2v) is 11.1. The maximum Gasteiger partial charge on any atom is 0.330 e. The highest BCUT2D eigenvalue weighted by atomic mass is 79.9. The molecule has 0 aliphatic rings. The molecule has 0 bridgehead atoms. The van der Waals surface area contributed by atoms with Crippen LogP contribution in [0.2, 0.25) is 0 Å². The normalized spacial score (nSPS) is 10.7. The first-order chi connectivity index (χ1) is 21.4. The summed E-state index contributed by atoms with van der Waals surface area (Å²) in [5.74, 6) is 0.575. The third-order valence-electron chi connectivity index (χ3n) is 5.89. The van der Waals surface area contributed by atoms with Crippen molar-refractivity contribution in [3.63, 3.8) is 0 Å². The van der Waals surface area contributed by atoms with Gasteiger partial charge in [-0.15, -0.1) is 0 Å². The minimum absolute atomic E-state index is 0.0813. The summed E-state index contributed by atoms with van der Waals surface area (Å²) < 4.78 is 22.1. The molecule has 0 aromatic heterocycles. The van der Waals surface area contributed by atoms with Crippen LogP contribution < -0.4 is 9.47 Å². The van der Waals surface area contributed by atoms with Crippen LogP contribution in [0.4, 0.5) is 5.69 Å². The Morgan fingerprint density at radius 1 is 0.727 bits per heavy atom. The zero-order valence-electron chi connectivity index (χ0n) is 24.2. The van der Waals surface area contributed by atoms with Crippen LogP contribution in [-0.2, 0) is 19.1 Å². The Labute approximate surface area is 270 Å². The molecule has 0 radical (unpaired) electrons. The summed E-state index contributed by atoms with van der Waals surface area (Å²) in [7, 11) is 0. The summed E-state index contributed by atoms with van der Waals surface area (Å²) in [5, 5.41) is -0.0813. The Morgan fingerprint density at radius 3 is 1.77 bits per heavy atom. The van der Waals surface area contributed by atoms with Gasteiger partial charge in [0.15, 0.2) is 0 Å². The van der Waals surface area contributed by atoms with Crippen molar-refractivity contribution < 1.29 is 33.3 Å². The molecule has 0 heterocycles. The topological polar surface area (TPSA) is 100 Å². The van der Waals surface area contributed by atoms with Crippen LogP contribution in [0.15, 0.2) is 106 Å². The lowest BCUT2D eigenvalue weighted by atomic mass is 10.2. The molecule has 0 saturated carbocycles. The van der Waals surface area contributed by atoms with Crippen molar-refractivity contribution in [1.82, 2.24) is 0 Å². The number of rotatable bonds is 18. The molecule has 10 heteroatoms. The Hall–Kier alpha value is -4.15. The largest absolute Gasteiger partial charge is 0.494 e. The number of thioether (sulfide) groups is 1. The van der Waals surface area contributed by atoms with Crippen molar-refractivity contribution >= 4 is 56.6 Å². The van der Waals surface area contributed by atoms with E-state index in [0.29, 0.717) is 50.6 Å². The molecular weight excluding hydrogens is 646 g/mol. The van der Waals surface area contributed by atoms with Crippen molar-refractivity contribution in [1.29, 1.82) is 0 Å². The smallest absolute Gasteiger partial charge is 0.330 e. The number of ether oxygens (including phenoxy) is 4. The zero-order chi connectivity index (χ0) is 31.6. The molecule has 3 aromatic rings. The molecule has 44 heavy (non-hydrogen) atoms. The van der Waals surface area contributed by atoms with Crippen molar-refractivity contribution in [3.8, 4) is 11.5 Å². The molecule has 0 N–H and O–H groups in total. The maximum absolute atomic E-state index is 12.8. The lowest BCUT2D eigenvalue weighted by molar-refractivity contribution is -0.138. The van der Waals surface area contributed by atoms with Gasteiger partial charge in [0.1, 0.15) is 11.5 Å². The quantitative estimate of drug-likeness (QED) is 0.0440. The number of benzene rings is 3. The average molecular weight is 681 g/mol. The Morgan fingerprint density at radius 2 is 1.25 bits per heavy atom. The maximum atomic E-state index is 12.8. The van der Waals surface area contributed by atoms with Crippen molar-refractivity contribution in [2.24, 2.45) is 4.99 Å². The Bertz CT molecular complexity index is 1440. The van der Waals surface area contributed by atoms with E-state index in [9.17, 15) is 14.4 Å². The van der Waals surface area contributed by atoms with Gasteiger partial charge in [-0.1, -0.05) is 13.2 Å². The van der Waals surface area contributed by atoms with Gasteiger partial charge in [0.05, 0.1) is 32.1 Å². The van der Waals surface area contributed by atoms with Gasteiger partial charge >= 0.3 is 11.9 Å². The van der Waals surface area contributed by atoms with Gasteiger partial charge in [-0.05, 0) is 126 Å². The van der Waals surface area contributed by atoms with Crippen LogP contribution in [0, 0.1) is 0 Å². The van der Waals surface area contributed by atoms with E-state index in [1.54, 1.807) is 30.5 Å². The van der Waals surface area contributed by atoms with Crippen molar-refractivity contribution in [3.05, 3.63) is 108 Å². The molecule has 230 valence electrons. The van der Waals surface area contributed by atoms with Gasteiger partial charge in [-0.25, -0.2) is 9.59 Å². The fourth-order valence-corrected chi connectivity index (χ4v) is 4.97. The third kappa shape index (κ3) is 12.6. The van der Waals surface area contributed by atoms with Crippen LogP contribution >= 0.6 is 27.7 Å². The van der Waals surface area contributed by atoms with Crippen LogP contribution in [-0.4, -0.2) is 49.7 Å². The van der Waals surface area contributed by atoms with Crippen LogP contribution in [0.1, 0.15) is 41.6 Å². The number of esters is 2. The third-order valence-corrected chi connectivity index (χ3v) is 7.44. The van der Waals surface area contributed by atoms with Crippen molar-refractivity contribution in [2.75, 3.05) is 26.4 Å². The number of halogens is 1. The van der Waals surface area contributed by atoms with Gasteiger partial charge in [-0.3, -0.25) is 9.79 Å². The molecule has 0 spiro atoms. The number of unbranched alkanes of at least 4 members (excludes halogenated alkanes) is 2. The summed E-state index contributed by atoms with van der Waals surface area (Å²) in [4.78, 5) is 40.2. The van der Waals surface area contributed by atoms with Crippen LogP contribution in [0.25, 0.3) is 0 Å². The summed E-state index contributed by atoms with van der Waals surface area (Å²) >= 11 is 4.70. The highest BCUT2D eigenvalue weighted by Crippen LogP contribution is 2.32. The monoisotopic (exact) mass is 679 g/mol. The summed E-state index contributed by atoms with van der Waals surface area (Å²) in [6, 6.07) is 20.2. The van der Waals surface area contributed by atoms with Gasteiger partial charge in [0.2, 0.25) is 5.12 Å². The highest BCUT2D eigenvalue weighted by molar-refractivity contribution is 9.10. The first kappa shape index (κ1) is 34.3. The van der Waals surface area contributed by atoms with Crippen LogP contribution in [0.3, 0.4) is 0 Å². The molecule has 0 fully saturated rings. The number of carbonyl (C=O) groups is 3. The minimum atomic E-state index is -0.429. The SMILES string of the molecule is C=CC(=O)OCCCCOc1ccc(/C=N/c2ccc(SC(=O)c3ccc(OCCCCOC(=O)C=C)cc3)cc2Br)cc1. The predicted octanol–water partition coefficient (Wildman–Crippen LogP) is 7.91. The first-order valence-electron chi connectivity index (χ1n) is 14.0.